The first-order valence-corrected chi connectivity index (χ1v) is 7.95. The average molecular weight is 402 g/mol. The maximum absolute atomic E-state index is 11.4. The molecule has 0 radical (unpaired) electrons. The Hall–Kier alpha value is -2.09. The summed E-state index contributed by atoms with van der Waals surface area (Å²) in [7, 11) is 0. The molecule has 0 bridgehead atoms. The Labute approximate surface area is 148 Å². The fourth-order valence-corrected chi connectivity index (χ4v) is 1.86. The van der Waals surface area contributed by atoms with Crippen molar-refractivity contribution in [3.8, 4) is 0 Å². The summed E-state index contributed by atoms with van der Waals surface area (Å²) < 4.78 is 10.5. The number of amides is 2. The number of imide groups is 1. The molecule has 1 aliphatic rings. The molecule has 2 amide bonds. The molecular weight excluding hydrogens is 382 g/mol. The number of carboxylic acid groups (broad SMARTS) is 1. The standard InChI is InChI=1S/C9H13NO6.C7H7Br/c1-9(2,3)16-8(14)10-4-5(6(11)12)15-7(10)13;1-6-2-4-7(8)5-3-6/h5H,4H2,1-3H3,(H,11,12);2-5H,1H3/t5-;/m0./s1. The quantitative estimate of drug-likeness (QED) is 0.772. The van der Waals surface area contributed by atoms with Gasteiger partial charge in [0.15, 0.2) is 0 Å². The molecule has 2 rings (SSSR count). The van der Waals surface area contributed by atoms with Gasteiger partial charge in [0.25, 0.3) is 0 Å². The van der Waals surface area contributed by atoms with Crippen molar-refractivity contribution in [3.05, 3.63) is 34.3 Å². The Morgan fingerprint density at radius 1 is 1.29 bits per heavy atom. The molecule has 1 aromatic carbocycles. The van der Waals surface area contributed by atoms with Gasteiger partial charge in [0.05, 0.1) is 6.54 Å². The van der Waals surface area contributed by atoms with Crippen molar-refractivity contribution in [2.75, 3.05) is 6.54 Å². The monoisotopic (exact) mass is 401 g/mol. The molecule has 7 nitrogen and oxygen atoms in total. The third kappa shape index (κ3) is 6.57. The molecule has 8 heteroatoms. The van der Waals surface area contributed by atoms with E-state index in [0.717, 1.165) is 4.47 Å². The van der Waals surface area contributed by atoms with Crippen molar-refractivity contribution in [1.82, 2.24) is 4.90 Å². The minimum Gasteiger partial charge on any atom is -0.478 e. The first-order chi connectivity index (χ1) is 11.0. The molecule has 132 valence electrons. The molecule has 24 heavy (non-hydrogen) atoms. The molecule has 1 aliphatic heterocycles. The van der Waals surface area contributed by atoms with Crippen LogP contribution in [0.4, 0.5) is 9.59 Å². The van der Waals surface area contributed by atoms with E-state index in [1.165, 1.54) is 5.56 Å². The van der Waals surface area contributed by atoms with Crippen LogP contribution in [0.1, 0.15) is 26.3 Å². The molecule has 0 spiro atoms. The number of ether oxygens (including phenoxy) is 2. The van der Waals surface area contributed by atoms with Crippen LogP contribution >= 0.6 is 15.9 Å². The summed E-state index contributed by atoms with van der Waals surface area (Å²) >= 11 is 3.35. The largest absolute Gasteiger partial charge is 0.478 e. The number of nitrogens with zero attached hydrogens (tertiary/aromatic N) is 1. The molecule has 1 saturated heterocycles. The van der Waals surface area contributed by atoms with Gasteiger partial charge in [0.2, 0.25) is 6.10 Å². The zero-order valence-electron chi connectivity index (χ0n) is 13.9. The molecule has 0 aliphatic carbocycles. The topological polar surface area (TPSA) is 93.1 Å². The zero-order valence-corrected chi connectivity index (χ0v) is 15.5. The summed E-state index contributed by atoms with van der Waals surface area (Å²) in [6, 6.07) is 8.22. The van der Waals surface area contributed by atoms with E-state index in [4.69, 9.17) is 9.84 Å². The maximum Gasteiger partial charge on any atom is 0.420 e. The van der Waals surface area contributed by atoms with Crippen molar-refractivity contribution in [3.63, 3.8) is 0 Å². The third-order valence-electron chi connectivity index (χ3n) is 2.71. The number of cyclic esters (lactones) is 1. The molecule has 0 unspecified atom stereocenters. The smallest absolute Gasteiger partial charge is 0.420 e. The first kappa shape index (κ1) is 20.0. The Kier molecular flexibility index (Phi) is 6.77. The predicted molar refractivity (Wildman–Crippen MR) is 89.7 cm³/mol. The summed E-state index contributed by atoms with van der Waals surface area (Å²) in [5.41, 5.74) is 0.548. The van der Waals surface area contributed by atoms with Gasteiger partial charge in [0, 0.05) is 4.47 Å². The Bertz CT molecular complexity index is 587. The number of carboxylic acids is 1. The molecule has 1 aromatic rings. The molecule has 1 heterocycles. The van der Waals surface area contributed by atoms with Crippen LogP contribution in [0.2, 0.25) is 0 Å². The van der Waals surface area contributed by atoms with Gasteiger partial charge in [-0.25, -0.2) is 19.3 Å². The van der Waals surface area contributed by atoms with Gasteiger partial charge in [-0.15, -0.1) is 0 Å². The van der Waals surface area contributed by atoms with E-state index in [-0.39, 0.29) is 6.54 Å². The highest BCUT2D eigenvalue weighted by Crippen LogP contribution is 2.16. The van der Waals surface area contributed by atoms with Crippen LogP contribution in [0.3, 0.4) is 0 Å². The number of carbonyl (C=O) groups excluding carboxylic acids is 2. The van der Waals surface area contributed by atoms with E-state index in [9.17, 15) is 14.4 Å². The molecule has 0 aromatic heterocycles. The van der Waals surface area contributed by atoms with E-state index in [0.29, 0.717) is 4.90 Å². The Morgan fingerprint density at radius 3 is 2.21 bits per heavy atom. The van der Waals surface area contributed by atoms with Crippen LogP contribution in [0, 0.1) is 6.92 Å². The van der Waals surface area contributed by atoms with Gasteiger partial charge < -0.3 is 14.6 Å². The number of benzene rings is 1. The maximum atomic E-state index is 11.4. The summed E-state index contributed by atoms with van der Waals surface area (Å²) in [6.07, 6.45) is -3.22. The summed E-state index contributed by atoms with van der Waals surface area (Å²) in [6.45, 7) is 6.67. The number of hydrogen-bond acceptors (Lipinski definition) is 5. The molecule has 1 atom stereocenters. The SMILES string of the molecule is CC(C)(C)OC(=O)N1C[C@@H](C(=O)O)OC1=O.Cc1ccc(Br)cc1. The zero-order chi connectivity index (χ0) is 18.5. The Balaban J connectivity index is 0.000000300. The van der Waals surface area contributed by atoms with Crippen LogP contribution in [0.5, 0.6) is 0 Å². The summed E-state index contributed by atoms with van der Waals surface area (Å²) in [4.78, 5) is 33.8. The van der Waals surface area contributed by atoms with Crippen LogP contribution in [0.15, 0.2) is 28.7 Å². The normalized spacial score (nSPS) is 16.8. The predicted octanol–water partition coefficient (Wildman–Crippen LogP) is 3.58. The molecule has 0 saturated carbocycles. The van der Waals surface area contributed by atoms with E-state index in [1.807, 2.05) is 12.1 Å². The lowest BCUT2D eigenvalue weighted by molar-refractivity contribution is -0.144. The van der Waals surface area contributed by atoms with Crippen molar-refractivity contribution < 1.29 is 29.0 Å². The van der Waals surface area contributed by atoms with Gasteiger partial charge >= 0.3 is 18.2 Å². The number of hydrogen-bond donors (Lipinski definition) is 1. The van der Waals surface area contributed by atoms with Gasteiger partial charge in [0.1, 0.15) is 5.60 Å². The van der Waals surface area contributed by atoms with Crippen LogP contribution in [-0.4, -0.2) is 46.4 Å². The second kappa shape index (κ2) is 8.14. The summed E-state index contributed by atoms with van der Waals surface area (Å²) in [5, 5.41) is 8.61. The van der Waals surface area contributed by atoms with Crippen LogP contribution < -0.4 is 0 Å². The van der Waals surface area contributed by atoms with Gasteiger partial charge in [-0.05, 0) is 39.8 Å². The highest BCUT2D eigenvalue weighted by Gasteiger charge is 2.41. The van der Waals surface area contributed by atoms with Crippen molar-refractivity contribution in [2.45, 2.75) is 39.4 Å². The van der Waals surface area contributed by atoms with Crippen molar-refractivity contribution in [1.29, 1.82) is 0 Å². The molecular formula is C16H20BrNO6. The second-order valence-electron chi connectivity index (χ2n) is 6.10. The first-order valence-electron chi connectivity index (χ1n) is 7.15. The fourth-order valence-electron chi connectivity index (χ4n) is 1.59. The highest BCUT2D eigenvalue weighted by atomic mass is 79.9. The number of aryl methyl sites for hydroxylation is 1. The lowest BCUT2D eigenvalue weighted by Gasteiger charge is -2.21. The molecule has 1 N–H and O–H groups in total. The number of carbonyl (C=O) groups is 3. The summed E-state index contributed by atoms with van der Waals surface area (Å²) in [5.74, 6) is -1.29. The van der Waals surface area contributed by atoms with Crippen molar-refractivity contribution in [2.24, 2.45) is 0 Å². The Morgan fingerprint density at radius 2 is 1.83 bits per heavy atom. The minimum atomic E-state index is -1.32. The van der Waals surface area contributed by atoms with E-state index in [2.05, 4.69) is 39.7 Å². The van der Waals surface area contributed by atoms with Crippen LogP contribution in [0.25, 0.3) is 0 Å². The number of rotatable bonds is 1. The van der Waals surface area contributed by atoms with E-state index >= 15 is 0 Å². The lowest BCUT2D eigenvalue weighted by Crippen LogP contribution is -2.38. The molecule has 1 fully saturated rings. The van der Waals surface area contributed by atoms with Crippen LogP contribution in [-0.2, 0) is 14.3 Å². The minimum absolute atomic E-state index is 0.330. The van der Waals surface area contributed by atoms with Gasteiger partial charge in [-0.3, -0.25) is 0 Å². The average Bonchev–Trinajstić information content (AvgIpc) is 2.83. The van der Waals surface area contributed by atoms with E-state index < -0.39 is 29.9 Å². The van der Waals surface area contributed by atoms with E-state index in [1.54, 1.807) is 20.8 Å². The van der Waals surface area contributed by atoms with Gasteiger partial charge in [-0.2, -0.15) is 0 Å². The third-order valence-corrected chi connectivity index (χ3v) is 3.24. The van der Waals surface area contributed by atoms with Gasteiger partial charge in [-0.1, -0.05) is 33.6 Å². The number of aliphatic carboxylic acids is 1. The second-order valence-corrected chi connectivity index (χ2v) is 7.01. The highest BCUT2D eigenvalue weighted by molar-refractivity contribution is 9.10. The lowest BCUT2D eigenvalue weighted by atomic mass is 10.2. The fraction of sp³-hybridized carbons (Fsp3) is 0.438. The number of halogens is 1. The van der Waals surface area contributed by atoms with Crippen molar-refractivity contribution >= 4 is 34.1 Å².